The fourth-order valence-electron chi connectivity index (χ4n) is 2.13. The minimum Gasteiger partial charge on any atom is -0.378 e. The number of anilines is 1. The van der Waals surface area contributed by atoms with Crippen LogP contribution in [0.3, 0.4) is 0 Å². The molecule has 0 amide bonds. The molecule has 0 bridgehead atoms. The Balaban J connectivity index is 2.13. The predicted octanol–water partition coefficient (Wildman–Crippen LogP) is 2.97. The van der Waals surface area contributed by atoms with Gasteiger partial charge in [-0.2, -0.15) is 23.4 Å². The molecule has 2 heterocycles. The van der Waals surface area contributed by atoms with Gasteiger partial charge in [0.1, 0.15) is 0 Å². The number of aromatic nitrogens is 4. The molecule has 8 heteroatoms. The van der Waals surface area contributed by atoms with Crippen molar-refractivity contribution in [1.82, 2.24) is 19.6 Å². The number of hydrogen-bond donors (Lipinski definition) is 1. The highest BCUT2D eigenvalue weighted by molar-refractivity contribution is 5.46. The molecule has 0 saturated heterocycles. The Morgan fingerprint density at radius 1 is 1.24 bits per heavy atom. The minimum atomic E-state index is -4.44. The highest BCUT2D eigenvalue weighted by atomic mass is 19.4. The Hall–Kier alpha value is -1.99. The van der Waals surface area contributed by atoms with E-state index in [9.17, 15) is 13.2 Å². The monoisotopic (exact) mass is 301 g/mol. The Morgan fingerprint density at radius 3 is 2.57 bits per heavy atom. The van der Waals surface area contributed by atoms with Crippen LogP contribution in [0.25, 0.3) is 0 Å². The first-order valence-corrected chi connectivity index (χ1v) is 6.69. The van der Waals surface area contributed by atoms with Gasteiger partial charge in [-0.1, -0.05) is 6.92 Å². The lowest BCUT2D eigenvalue weighted by atomic mass is 10.2. The predicted molar refractivity (Wildman–Crippen MR) is 72.8 cm³/mol. The van der Waals surface area contributed by atoms with Crippen molar-refractivity contribution in [3.63, 3.8) is 0 Å². The summed E-state index contributed by atoms with van der Waals surface area (Å²) in [6, 6.07) is 0. The van der Waals surface area contributed by atoms with Crippen LogP contribution in [0.4, 0.5) is 18.9 Å². The van der Waals surface area contributed by atoms with E-state index in [1.54, 1.807) is 4.68 Å². The Labute approximate surface area is 120 Å². The van der Waals surface area contributed by atoms with E-state index in [-0.39, 0.29) is 12.1 Å². The van der Waals surface area contributed by atoms with E-state index in [4.69, 9.17) is 0 Å². The highest BCUT2D eigenvalue weighted by Gasteiger charge is 2.36. The third kappa shape index (κ3) is 3.56. The first kappa shape index (κ1) is 15.4. The third-order valence-corrected chi connectivity index (χ3v) is 3.04. The van der Waals surface area contributed by atoms with E-state index in [0.29, 0.717) is 0 Å². The fraction of sp³-hybridized carbons (Fsp3) is 0.538. The first-order chi connectivity index (χ1) is 9.81. The van der Waals surface area contributed by atoms with Gasteiger partial charge >= 0.3 is 6.18 Å². The highest BCUT2D eigenvalue weighted by Crippen LogP contribution is 2.31. The van der Waals surface area contributed by atoms with Gasteiger partial charge in [0.05, 0.1) is 11.4 Å². The molecule has 0 aliphatic carbocycles. The van der Waals surface area contributed by atoms with Crippen LogP contribution in [-0.2, 0) is 26.3 Å². The van der Waals surface area contributed by atoms with Crippen LogP contribution in [0.2, 0.25) is 0 Å². The van der Waals surface area contributed by atoms with E-state index >= 15 is 0 Å². The molecule has 0 unspecified atom stereocenters. The zero-order valence-corrected chi connectivity index (χ0v) is 12.2. The van der Waals surface area contributed by atoms with E-state index in [2.05, 4.69) is 15.5 Å². The molecule has 116 valence electrons. The average Bonchev–Trinajstić information content (AvgIpc) is 2.90. The summed E-state index contributed by atoms with van der Waals surface area (Å²) in [6.07, 6.45) is -0.314. The summed E-state index contributed by atoms with van der Waals surface area (Å²) in [5.74, 6) is 0. The van der Waals surface area contributed by atoms with Crippen LogP contribution in [0.15, 0.2) is 12.4 Å². The number of hydrogen-bond acceptors (Lipinski definition) is 3. The first-order valence-electron chi connectivity index (χ1n) is 6.69. The Bertz CT molecular complexity index is 612. The van der Waals surface area contributed by atoms with Gasteiger partial charge in [0.25, 0.3) is 0 Å². The molecule has 0 aliphatic heterocycles. The van der Waals surface area contributed by atoms with Crippen molar-refractivity contribution in [3.05, 3.63) is 29.3 Å². The summed E-state index contributed by atoms with van der Waals surface area (Å²) in [7, 11) is 1.48. The average molecular weight is 301 g/mol. The molecule has 2 aromatic heterocycles. The number of aryl methyl sites for hydroxylation is 3. The van der Waals surface area contributed by atoms with Gasteiger partial charge < -0.3 is 5.32 Å². The normalized spacial score (nSPS) is 11.9. The fourth-order valence-corrected chi connectivity index (χ4v) is 2.13. The number of rotatable bonds is 5. The van der Waals surface area contributed by atoms with Crippen molar-refractivity contribution in [3.8, 4) is 0 Å². The second-order valence-corrected chi connectivity index (χ2v) is 4.92. The molecule has 0 atom stereocenters. The summed E-state index contributed by atoms with van der Waals surface area (Å²) < 4.78 is 41.5. The molecule has 0 spiro atoms. The molecule has 1 N–H and O–H groups in total. The summed E-state index contributed by atoms with van der Waals surface area (Å²) in [5, 5.41) is 10.8. The van der Waals surface area contributed by atoms with Crippen molar-refractivity contribution in [2.45, 2.75) is 39.5 Å². The summed E-state index contributed by atoms with van der Waals surface area (Å²) in [6.45, 7) is 4.70. The van der Waals surface area contributed by atoms with Crippen molar-refractivity contribution < 1.29 is 13.2 Å². The van der Waals surface area contributed by atoms with Gasteiger partial charge in [-0.3, -0.25) is 9.36 Å². The lowest BCUT2D eigenvalue weighted by Gasteiger charge is -2.07. The largest absolute Gasteiger partial charge is 0.435 e. The van der Waals surface area contributed by atoms with Crippen LogP contribution in [0.1, 0.15) is 30.3 Å². The molecule has 0 fully saturated rings. The van der Waals surface area contributed by atoms with Gasteiger partial charge in [-0.05, 0) is 13.3 Å². The standard InChI is InChI=1S/C13H18F3N5/c1-4-5-21-8-11(9(2)18-21)17-6-10-7-20(3)19-12(10)13(14,15)16/h7-8,17H,4-6H2,1-3H3. The quantitative estimate of drug-likeness (QED) is 0.923. The van der Waals surface area contributed by atoms with Gasteiger partial charge in [-0.25, -0.2) is 0 Å². The molecule has 0 aliphatic rings. The van der Waals surface area contributed by atoms with Crippen molar-refractivity contribution in [2.75, 3.05) is 5.32 Å². The molecule has 0 aromatic carbocycles. The van der Waals surface area contributed by atoms with E-state index in [1.165, 1.54) is 17.9 Å². The molecule has 2 aromatic rings. The van der Waals surface area contributed by atoms with E-state index in [1.807, 2.05) is 20.0 Å². The summed E-state index contributed by atoms with van der Waals surface area (Å²) in [4.78, 5) is 0. The van der Waals surface area contributed by atoms with Gasteiger partial charge in [0, 0.05) is 38.1 Å². The minimum absolute atomic E-state index is 0.0569. The second-order valence-electron chi connectivity index (χ2n) is 4.92. The number of nitrogens with one attached hydrogen (secondary N) is 1. The van der Waals surface area contributed by atoms with Crippen molar-refractivity contribution >= 4 is 5.69 Å². The zero-order valence-electron chi connectivity index (χ0n) is 12.2. The maximum atomic E-state index is 12.9. The van der Waals surface area contributed by atoms with E-state index in [0.717, 1.165) is 24.3 Å². The molecule has 5 nitrogen and oxygen atoms in total. The maximum absolute atomic E-state index is 12.9. The second kappa shape index (κ2) is 5.79. The molecular formula is C13H18F3N5. The van der Waals surface area contributed by atoms with Crippen LogP contribution < -0.4 is 5.32 Å². The topological polar surface area (TPSA) is 47.7 Å². The van der Waals surface area contributed by atoms with Crippen LogP contribution in [0.5, 0.6) is 0 Å². The van der Waals surface area contributed by atoms with Gasteiger partial charge in [0.2, 0.25) is 0 Å². The van der Waals surface area contributed by atoms with Crippen LogP contribution >= 0.6 is 0 Å². The smallest absolute Gasteiger partial charge is 0.378 e. The van der Waals surface area contributed by atoms with Crippen molar-refractivity contribution in [1.29, 1.82) is 0 Å². The molecule has 21 heavy (non-hydrogen) atoms. The van der Waals surface area contributed by atoms with Crippen molar-refractivity contribution in [2.24, 2.45) is 7.05 Å². The maximum Gasteiger partial charge on any atom is 0.435 e. The Kier molecular flexibility index (Phi) is 4.24. The zero-order chi connectivity index (χ0) is 15.6. The Morgan fingerprint density at radius 2 is 1.95 bits per heavy atom. The lowest BCUT2D eigenvalue weighted by molar-refractivity contribution is -0.142. The number of nitrogens with zero attached hydrogens (tertiary/aromatic N) is 4. The van der Waals surface area contributed by atoms with Crippen LogP contribution in [0, 0.1) is 6.92 Å². The molecular weight excluding hydrogens is 283 g/mol. The molecule has 0 radical (unpaired) electrons. The van der Waals surface area contributed by atoms with E-state index < -0.39 is 11.9 Å². The van der Waals surface area contributed by atoms with Crippen LogP contribution in [-0.4, -0.2) is 19.6 Å². The molecule has 0 saturated carbocycles. The summed E-state index contributed by atoms with van der Waals surface area (Å²) >= 11 is 0. The molecule has 2 rings (SSSR count). The third-order valence-electron chi connectivity index (χ3n) is 3.04. The lowest BCUT2D eigenvalue weighted by Crippen LogP contribution is -2.11. The van der Waals surface area contributed by atoms with Gasteiger partial charge in [-0.15, -0.1) is 0 Å². The van der Waals surface area contributed by atoms with Gasteiger partial charge in [0.15, 0.2) is 5.69 Å². The SMILES string of the molecule is CCCn1cc(NCc2cn(C)nc2C(F)(F)F)c(C)n1. The number of alkyl halides is 3. The summed E-state index contributed by atoms with van der Waals surface area (Å²) in [5.41, 5.74) is 0.769. The number of halogens is 3.